The summed E-state index contributed by atoms with van der Waals surface area (Å²) in [7, 11) is 4.55. The number of hydrogen-bond acceptors (Lipinski definition) is 8. The molecule has 202 valence electrons. The van der Waals surface area contributed by atoms with Crippen molar-refractivity contribution in [2.75, 3.05) is 41.1 Å². The minimum atomic E-state index is -0.890. The van der Waals surface area contributed by atoms with Crippen molar-refractivity contribution in [2.45, 2.75) is 26.3 Å². The number of benzene rings is 2. The molecular weight excluding hydrogens is 490 g/mol. The van der Waals surface area contributed by atoms with Gasteiger partial charge in [-0.3, -0.25) is 9.59 Å². The van der Waals surface area contributed by atoms with Crippen LogP contribution in [0.2, 0.25) is 0 Å². The van der Waals surface area contributed by atoms with Crippen LogP contribution in [0.5, 0.6) is 17.2 Å². The first kappa shape index (κ1) is 27.1. The van der Waals surface area contributed by atoms with Crippen LogP contribution in [0.3, 0.4) is 0 Å². The Morgan fingerprint density at radius 1 is 1.03 bits per heavy atom. The predicted octanol–water partition coefficient (Wildman–Crippen LogP) is 5.10. The third kappa shape index (κ3) is 5.19. The Morgan fingerprint density at radius 3 is 2.47 bits per heavy atom. The molecule has 2 aromatic carbocycles. The van der Waals surface area contributed by atoms with Crippen molar-refractivity contribution in [1.82, 2.24) is 4.90 Å². The van der Waals surface area contributed by atoms with Gasteiger partial charge in [-0.2, -0.15) is 0 Å². The number of para-hydroxylation sites is 1. The number of amides is 1. The van der Waals surface area contributed by atoms with E-state index in [9.17, 15) is 14.7 Å². The topological polar surface area (TPSA) is 108 Å². The summed E-state index contributed by atoms with van der Waals surface area (Å²) in [6, 6.07) is 11.2. The van der Waals surface area contributed by atoms with E-state index in [0.717, 1.165) is 6.42 Å². The number of aliphatic hydroxyl groups is 1. The quantitative estimate of drug-likeness (QED) is 0.327. The molecule has 1 unspecified atom stereocenters. The largest absolute Gasteiger partial charge is 0.503 e. The van der Waals surface area contributed by atoms with Crippen molar-refractivity contribution >= 4 is 22.7 Å². The molecule has 1 aromatic heterocycles. The highest BCUT2D eigenvalue weighted by Crippen LogP contribution is 2.42. The van der Waals surface area contributed by atoms with Gasteiger partial charge in [-0.1, -0.05) is 32.0 Å². The molecule has 2 heterocycles. The number of ether oxygens (including phenoxy) is 4. The second-order valence-corrected chi connectivity index (χ2v) is 9.42. The van der Waals surface area contributed by atoms with Crippen molar-refractivity contribution in [1.29, 1.82) is 0 Å². The fraction of sp³-hybridized carbons (Fsp3) is 0.379. The predicted molar refractivity (Wildman–Crippen MR) is 141 cm³/mol. The first-order valence-electron chi connectivity index (χ1n) is 12.5. The zero-order valence-electron chi connectivity index (χ0n) is 22.3. The van der Waals surface area contributed by atoms with Crippen LogP contribution >= 0.6 is 0 Å². The first-order chi connectivity index (χ1) is 18.3. The number of carbonyl (C=O) groups is 2. The van der Waals surface area contributed by atoms with Crippen molar-refractivity contribution in [2.24, 2.45) is 5.92 Å². The number of ketones is 1. The fourth-order valence-corrected chi connectivity index (χ4v) is 4.47. The lowest BCUT2D eigenvalue weighted by Gasteiger charge is -2.27. The van der Waals surface area contributed by atoms with Gasteiger partial charge in [0.15, 0.2) is 34.4 Å². The van der Waals surface area contributed by atoms with Gasteiger partial charge in [0.2, 0.25) is 5.78 Å². The highest BCUT2D eigenvalue weighted by Gasteiger charge is 2.44. The van der Waals surface area contributed by atoms with E-state index in [2.05, 4.69) is 13.8 Å². The Labute approximate surface area is 221 Å². The highest BCUT2D eigenvalue weighted by atomic mass is 16.5. The molecule has 9 heteroatoms. The lowest BCUT2D eigenvalue weighted by atomic mass is 9.94. The van der Waals surface area contributed by atoms with E-state index in [1.165, 1.54) is 26.2 Å². The zero-order valence-corrected chi connectivity index (χ0v) is 22.3. The number of fused-ring (bicyclic) bond motifs is 1. The Morgan fingerprint density at radius 2 is 1.79 bits per heavy atom. The number of furan rings is 1. The monoisotopic (exact) mass is 523 g/mol. The molecule has 0 aliphatic carbocycles. The maximum atomic E-state index is 13.8. The molecule has 0 bridgehead atoms. The van der Waals surface area contributed by atoms with E-state index in [1.54, 1.807) is 42.5 Å². The molecule has 0 saturated heterocycles. The van der Waals surface area contributed by atoms with Gasteiger partial charge in [-0.25, -0.2) is 0 Å². The molecule has 1 aliphatic rings. The van der Waals surface area contributed by atoms with E-state index in [0.29, 0.717) is 46.3 Å². The zero-order chi connectivity index (χ0) is 27.4. The molecule has 1 amide bonds. The normalized spacial score (nSPS) is 15.6. The molecule has 1 atom stereocenters. The first-order valence-corrected chi connectivity index (χ1v) is 12.5. The Kier molecular flexibility index (Phi) is 8.26. The van der Waals surface area contributed by atoms with Crippen LogP contribution in [-0.2, 0) is 9.53 Å². The van der Waals surface area contributed by atoms with Gasteiger partial charge in [0, 0.05) is 19.0 Å². The second-order valence-electron chi connectivity index (χ2n) is 9.42. The van der Waals surface area contributed by atoms with E-state index in [-0.39, 0.29) is 24.5 Å². The Hall–Kier alpha value is -3.98. The van der Waals surface area contributed by atoms with Crippen molar-refractivity contribution < 1.29 is 38.1 Å². The fourth-order valence-electron chi connectivity index (χ4n) is 4.47. The molecular formula is C29H33NO8. The number of nitrogens with zero attached hydrogens (tertiary/aromatic N) is 1. The smallest absolute Gasteiger partial charge is 0.290 e. The summed E-state index contributed by atoms with van der Waals surface area (Å²) in [5, 5.41) is 11.6. The van der Waals surface area contributed by atoms with E-state index in [1.807, 2.05) is 0 Å². The molecule has 0 fully saturated rings. The van der Waals surface area contributed by atoms with Gasteiger partial charge < -0.3 is 33.4 Å². The maximum absolute atomic E-state index is 13.8. The SMILES string of the molecule is COCCN1C(=O)C(O)=C(C(=O)c2cc3cccc(OC)c3o2)C1c1ccc(OCCC(C)C)c(OC)c1. The summed E-state index contributed by atoms with van der Waals surface area (Å²) in [6.07, 6.45) is 0.879. The molecule has 38 heavy (non-hydrogen) atoms. The average Bonchev–Trinajstić information content (AvgIpc) is 3.46. The minimum absolute atomic E-state index is 0.0157. The lowest BCUT2D eigenvalue weighted by Crippen LogP contribution is -2.34. The average molecular weight is 524 g/mol. The van der Waals surface area contributed by atoms with Crippen molar-refractivity contribution in [3.63, 3.8) is 0 Å². The third-order valence-corrected chi connectivity index (χ3v) is 6.49. The molecule has 3 aromatic rings. The highest BCUT2D eigenvalue weighted by molar-refractivity contribution is 6.16. The summed E-state index contributed by atoms with van der Waals surface area (Å²) < 4.78 is 27.9. The number of rotatable bonds is 12. The summed E-state index contributed by atoms with van der Waals surface area (Å²) in [5.41, 5.74) is 0.892. The van der Waals surface area contributed by atoms with E-state index in [4.69, 9.17) is 23.4 Å². The van der Waals surface area contributed by atoms with Crippen molar-refractivity contribution in [3.8, 4) is 17.2 Å². The Balaban J connectivity index is 1.75. The molecule has 9 nitrogen and oxygen atoms in total. The molecule has 4 rings (SSSR count). The van der Waals surface area contributed by atoms with Crippen LogP contribution in [0.4, 0.5) is 0 Å². The Bertz CT molecular complexity index is 1360. The van der Waals surface area contributed by atoms with Gasteiger partial charge in [0.25, 0.3) is 5.91 Å². The molecule has 0 saturated carbocycles. The number of methoxy groups -OCH3 is 3. The van der Waals surface area contributed by atoms with Gasteiger partial charge in [0.05, 0.1) is 39.0 Å². The summed E-state index contributed by atoms with van der Waals surface area (Å²) >= 11 is 0. The number of hydrogen-bond donors (Lipinski definition) is 1. The van der Waals surface area contributed by atoms with Crippen LogP contribution < -0.4 is 14.2 Å². The molecule has 0 radical (unpaired) electrons. The maximum Gasteiger partial charge on any atom is 0.290 e. The molecule has 1 N–H and O–H groups in total. The molecule has 0 spiro atoms. The summed E-state index contributed by atoms with van der Waals surface area (Å²) in [6.45, 7) is 5.13. The standard InChI is InChI=1S/C29H33NO8/c1-17(2)11-13-37-20-10-9-18(15-22(20)36-5)25-24(27(32)29(33)30(25)12-14-34-3)26(31)23-16-19-7-6-8-21(35-4)28(19)38-23/h6-10,15-17,25,32H,11-14H2,1-5H3. The van der Waals surface area contributed by atoms with Crippen LogP contribution in [-0.4, -0.2) is 62.8 Å². The van der Waals surface area contributed by atoms with Crippen molar-refractivity contribution in [3.05, 3.63) is 65.1 Å². The van der Waals surface area contributed by atoms with Crippen LogP contribution in [0.25, 0.3) is 11.0 Å². The van der Waals surface area contributed by atoms with E-state index < -0.39 is 23.5 Å². The van der Waals surface area contributed by atoms with Crippen LogP contribution in [0.15, 0.2) is 58.2 Å². The number of carbonyl (C=O) groups excluding carboxylic acids is 2. The summed E-state index contributed by atoms with van der Waals surface area (Å²) in [5.74, 6) is 0.0536. The van der Waals surface area contributed by atoms with Gasteiger partial charge in [-0.05, 0) is 42.2 Å². The van der Waals surface area contributed by atoms with Crippen LogP contribution in [0.1, 0.15) is 42.4 Å². The lowest BCUT2D eigenvalue weighted by molar-refractivity contribution is -0.130. The number of Topliss-reactive ketones (excluding diaryl/α,β-unsaturated/α-hetero) is 1. The second kappa shape index (κ2) is 11.6. The van der Waals surface area contributed by atoms with Gasteiger partial charge in [0.1, 0.15) is 0 Å². The van der Waals surface area contributed by atoms with Gasteiger partial charge >= 0.3 is 0 Å². The third-order valence-electron chi connectivity index (χ3n) is 6.49. The minimum Gasteiger partial charge on any atom is -0.503 e. The van der Waals surface area contributed by atoms with E-state index >= 15 is 0 Å². The number of aliphatic hydroxyl groups excluding tert-OH is 1. The molecule has 1 aliphatic heterocycles. The van der Waals surface area contributed by atoms with Gasteiger partial charge in [-0.15, -0.1) is 0 Å². The summed E-state index contributed by atoms with van der Waals surface area (Å²) in [4.78, 5) is 28.3. The van der Waals surface area contributed by atoms with Crippen LogP contribution in [0, 0.1) is 5.92 Å².